The van der Waals surface area contributed by atoms with Crippen LogP contribution in [0.5, 0.6) is 0 Å². The second-order valence-corrected chi connectivity index (χ2v) is 9.66. The molecule has 1 aliphatic rings. The summed E-state index contributed by atoms with van der Waals surface area (Å²) in [6.07, 6.45) is 1.77. The predicted molar refractivity (Wildman–Crippen MR) is 127 cm³/mol. The van der Waals surface area contributed by atoms with E-state index in [2.05, 4.69) is 27.4 Å². The van der Waals surface area contributed by atoms with Crippen LogP contribution in [0.4, 0.5) is 8.78 Å². The highest BCUT2D eigenvalue weighted by Crippen LogP contribution is 2.29. The molecule has 0 radical (unpaired) electrons. The van der Waals surface area contributed by atoms with E-state index in [0.717, 1.165) is 25.0 Å². The number of hydrogen-bond acceptors (Lipinski definition) is 4. The van der Waals surface area contributed by atoms with Gasteiger partial charge in [0.1, 0.15) is 11.9 Å². The van der Waals surface area contributed by atoms with Crippen LogP contribution < -0.4 is 10.6 Å². The number of fused-ring (bicyclic) bond motifs is 1. The van der Waals surface area contributed by atoms with Crippen LogP contribution in [-0.2, 0) is 17.9 Å². The zero-order chi connectivity index (χ0) is 24.5. The zero-order valence-electron chi connectivity index (χ0n) is 20.1. The molecule has 2 amide bonds. The number of amides is 2. The highest BCUT2D eigenvalue weighted by molar-refractivity contribution is 5.97. The summed E-state index contributed by atoms with van der Waals surface area (Å²) in [6.45, 7) is 8.78. The molecule has 7 nitrogen and oxygen atoms in total. The molecule has 33 heavy (non-hydrogen) atoms. The van der Waals surface area contributed by atoms with E-state index in [1.807, 2.05) is 32.4 Å². The van der Waals surface area contributed by atoms with Crippen LogP contribution in [0.15, 0.2) is 18.2 Å². The molecular weight excluding hydrogens is 428 g/mol. The maximum atomic E-state index is 14.0. The second kappa shape index (κ2) is 9.59. The van der Waals surface area contributed by atoms with Crippen molar-refractivity contribution < 1.29 is 21.2 Å². The van der Waals surface area contributed by atoms with Gasteiger partial charge in [0.2, 0.25) is 5.91 Å². The predicted octanol–water partition coefficient (Wildman–Crippen LogP) is 3.82. The molecule has 2 N–H and O–H groups in total. The molecule has 1 aromatic heterocycles. The van der Waals surface area contributed by atoms with Gasteiger partial charge in [-0.25, -0.2) is 13.8 Å². The van der Waals surface area contributed by atoms with Gasteiger partial charge in [0.25, 0.3) is 5.91 Å². The van der Waals surface area contributed by atoms with Crippen molar-refractivity contribution in [2.45, 2.75) is 65.7 Å². The van der Waals surface area contributed by atoms with Gasteiger partial charge in [-0.2, -0.15) is 0 Å². The van der Waals surface area contributed by atoms with Crippen LogP contribution >= 0.6 is 0 Å². The Hall–Kier alpha value is -2.81. The number of halogens is 2. The van der Waals surface area contributed by atoms with Crippen molar-refractivity contribution in [3.63, 3.8) is 0 Å². The lowest BCUT2D eigenvalue weighted by Crippen LogP contribution is -2.53. The van der Waals surface area contributed by atoms with Gasteiger partial charge in [0, 0.05) is 34.6 Å². The van der Waals surface area contributed by atoms with Crippen molar-refractivity contribution in [3.05, 3.63) is 41.2 Å². The van der Waals surface area contributed by atoms with E-state index in [0.29, 0.717) is 36.2 Å². The molecule has 0 saturated heterocycles. The molecule has 0 bridgehead atoms. The van der Waals surface area contributed by atoms with Crippen molar-refractivity contribution in [1.82, 2.24) is 25.1 Å². The fourth-order valence-corrected chi connectivity index (χ4v) is 4.32. The molecule has 2 aromatic rings. The number of nitrogens with zero attached hydrogens (tertiary/aromatic N) is 3. The SMILES string of the molecule is CCC1CCn2c(-c3ccc(F)c(F)c3)nc(C(=O)N[C@H](C(=O)NC)C(C)(C)C)c2CN1C.[HH].[HH]. The lowest BCUT2D eigenvalue weighted by Gasteiger charge is -2.29. The van der Waals surface area contributed by atoms with E-state index < -0.39 is 29.0 Å². The zero-order valence-corrected chi connectivity index (χ0v) is 20.1. The van der Waals surface area contributed by atoms with E-state index in [4.69, 9.17) is 0 Å². The monoisotopic (exact) mass is 465 g/mol. The van der Waals surface area contributed by atoms with E-state index in [-0.39, 0.29) is 14.5 Å². The first-order valence-corrected chi connectivity index (χ1v) is 11.2. The summed E-state index contributed by atoms with van der Waals surface area (Å²) in [6, 6.07) is 3.16. The summed E-state index contributed by atoms with van der Waals surface area (Å²) in [5.74, 6) is -2.28. The summed E-state index contributed by atoms with van der Waals surface area (Å²) in [5, 5.41) is 5.44. The average molecular weight is 466 g/mol. The summed E-state index contributed by atoms with van der Waals surface area (Å²) >= 11 is 0. The van der Waals surface area contributed by atoms with Gasteiger partial charge in [-0.15, -0.1) is 0 Å². The highest BCUT2D eigenvalue weighted by Gasteiger charge is 2.35. The summed E-state index contributed by atoms with van der Waals surface area (Å²) in [4.78, 5) is 32.6. The molecule has 184 valence electrons. The van der Waals surface area contributed by atoms with E-state index in [9.17, 15) is 18.4 Å². The minimum atomic E-state index is -0.972. The van der Waals surface area contributed by atoms with Gasteiger partial charge in [-0.3, -0.25) is 14.5 Å². The Kier molecular flexibility index (Phi) is 7.21. The number of imidazole rings is 1. The minimum absolute atomic E-state index is 0. The fraction of sp³-hybridized carbons (Fsp3) is 0.542. The Bertz CT molecular complexity index is 1060. The molecule has 2 atom stereocenters. The third-order valence-electron chi connectivity index (χ3n) is 6.30. The number of rotatable bonds is 5. The lowest BCUT2D eigenvalue weighted by atomic mass is 9.86. The molecule has 0 saturated carbocycles. The molecule has 2 heterocycles. The normalized spacial score (nSPS) is 17.8. The van der Waals surface area contributed by atoms with Crippen LogP contribution in [0.3, 0.4) is 0 Å². The number of hydrogen-bond donors (Lipinski definition) is 2. The third kappa shape index (κ3) is 5.08. The number of carbonyl (C=O) groups is 2. The molecule has 1 aliphatic heterocycles. The quantitative estimate of drug-likeness (QED) is 0.704. The maximum absolute atomic E-state index is 14.0. The standard InChI is InChI=1S/C24H33F2N5O2.2H2/c1-7-15-10-11-31-18(13-30(15)6)19(22(32)29-20(23(33)27-5)24(2,3)4)28-21(31)14-8-9-16(25)17(26)12-14;;/h8-9,12,15,20H,7,10-11,13H2,1-6H3,(H,27,33)(H,29,32);2*1H/t15?,20-;;/m1../s1. The van der Waals surface area contributed by atoms with Crippen LogP contribution in [0, 0.1) is 17.0 Å². The van der Waals surface area contributed by atoms with Gasteiger partial charge < -0.3 is 15.2 Å². The fourth-order valence-electron chi connectivity index (χ4n) is 4.32. The van der Waals surface area contributed by atoms with Crippen molar-refractivity contribution >= 4 is 11.8 Å². The number of nitrogens with one attached hydrogen (secondary N) is 2. The second-order valence-electron chi connectivity index (χ2n) is 9.66. The smallest absolute Gasteiger partial charge is 0.272 e. The third-order valence-corrected chi connectivity index (χ3v) is 6.30. The van der Waals surface area contributed by atoms with Gasteiger partial charge in [-0.1, -0.05) is 27.7 Å². The lowest BCUT2D eigenvalue weighted by molar-refractivity contribution is -0.124. The van der Waals surface area contributed by atoms with Gasteiger partial charge in [0.05, 0.1) is 5.69 Å². The Labute approximate surface area is 196 Å². The first kappa shape index (κ1) is 24.8. The molecule has 9 heteroatoms. The van der Waals surface area contributed by atoms with Crippen molar-refractivity contribution in [1.29, 1.82) is 0 Å². The largest absolute Gasteiger partial charge is 0.357 e. The molecule has 0 aliphatic carbocycles. The molecule has 0 spiro atoms. The Morgan fingerprint density at radius 1 is 1.27 bits per heavy atom. The molecule has 1 aromatic carbocycles. The van der Waals surface area contributed by atoms with Crippen molar-refractivity contribution in [3.8, 4) is 11.4 Å². The summed E-state index contributed by atoms with van der Waals surface area (Å²) in [5.41, 5.74) is 0.747. The first-order valence-electron chi connectivity index (χ1n) is 11.2. The van der Waals surface area contributed by atoms with Gasteiger partial charge >= 0.3 is 0 Å². The van der Waals surface area contributed by atoms with E-state index in [1.165, 1.54) is 13.1 Å². The minimum Gasteiger partial charge on any atom is -0.357 e. The topological polar surface area (TPSA) is 79.3 Å². The van der Waals surface area contributed by atoms with Crippen LogP contribution in [0.2, 0.25) is 0 Å². The van der Waals surface area contributed by atoms with Crippen molar-refractivity contribution in [2.24, 2.45) is 5.41 Å². The van der Waals surface area contributed by atoms with E-state index >= 15 is 0 Å². The number of carbonyl (C=O) groups excluding carboxylic acids is 2. The molecule has 0 fully saturated rings. The number of likely N-dealkylation sites (N-methyl/N-ethyl adjacent to an activating group) is 1. The average Bonchev–Trinajstić information content (AvgIpc) is 3.02. The molecule has 3 rings (SSSR count). The summed E-state index contributed by atoms with van der Waals surface area (Å²) < 4.78 is 29.5. The van der Waals surface area contributed by atoms with E-state index in [1.54, 1.807) is 0 Å². The molecule has 1 unspecified atom stereocenters. The summed E-state index contributed by atoms with van der Waals surface area (Å²) in [7, 11) is 3.52. The Morgan fingerprint density at radius 3 is 2.55 bits per heavy atom. The highest BCUT2D eigenvalue weighted by atomic mass is 19.2. The van der Waals surface area contributed by atoms with Gasteiger partial charge in [0.15, 0.2) is 17.3 Å². The first-order chi connectivity index (χ1) is 15.5. The van der Waals surface area contributed by atoms with Crippen LogP contribution in [0.25, 0.3) is 11.4 Å². The van der Waals surface area contributed by atoms with Crippen LogP contribution in [0.1, 0.15) is 59.6 Å². The Morgan fingerprint density at radius 2 is 1.97 bits per heavy atom. The van der Waals surface area contributed by atoms with Crippen molar-refractivity contribution in [2.75, 3.05) is 14.1 Å². The maximum Gasteiger partial charge on any atom is 0.272 e. The molecular formula is C24H37F2N5O2. The number of benzene rings is 1. The Balaban J connectivity index is 0.00000306. The van der Waals surface area contributed by atoms with Gasteiger partial charge in [-0.05, 0) is 43.5 Å². The number of aromatic nitrogens is 2. The van der Waals surface area contributed by atoms with Crippen LogP contribution in [-0.4, -0.2) is 52.4 Å².